The number of nitrogens with zero attached hydrogens (tertiary/aromatic N) is 2. The lowest BCUT2D eigenvalue weighted by Crippen LogP contribution is -2.68. The molecule has 0 aliphatic carbocycles. The number of hydrogen-bond acceptors (Lipinski definition) is 8. The number of rotatable bonds is 10. The molecule has 1 N–H and O–H groups in total. The van der Waals surface area contributed by atoms with Crippen molar-refractivity contribution in [2.75, 3.05) is 26.7 Å². The predicted molar refractivity (Wildman–Crippen MR) is 128 cm³/mol. The summed E-state index contributed by atoms with van der Waals surface area (Å²) in [6, 6.07) is 9.03. The molecule has 11 nitrogen and oxygen atoms in total. The van der Waals surface area contributed by atoms with Gasteiger partial charge in [-0.05, 0) is 39.2 Å². The number of nitrogens with one attached hydrogen (secondary N) is 1. The molecule has 0 unspecified atom stereocenters. The molecule has 1 fully saturated rings. The molecule has 0 aromatic heterocycles. The highest BCUT2D eigenvalue weighted by molar-refractivity contribution is 5.96. The molecule has 11 heteroatoms. The minimum Gasteiger partial charge on any atom is -0.469 e. The molecule has 0 radical (unpaired) electrons. The van der Waals surface area contributed by atoms with Crippen molar-refractivity contribution in [2.24, 2.45) is 0 Å². The lowest BCUT2D eigenvalue weighted by atomic mass is 9.87. The summed E-state index contributed by atoms with van der Waals surface area (Å²) >= 11 is 0. The number of piperazine rings is 1. The third-order valence-corrected chi connectivity index (χ3v) is 5.35. The summed E-state index contributed by atoms with van der Waals surface area (Å²) in [5.41, 5.74) is -1.68. The van der Waals surface area contributed by atoms with Crippen molar-refractivity contribution in [3.8, 4) is 0 Å². The normalized spacial score (nSPS) is 17.7. The van der Waals surface area contributed by atoms with Crippen LogP contribution in [0.25, 0.3) is 0 Å². The van der Waals surface area contributed by atoms with E-state index in [-0.39, 0.29) is 39.0 Å². The second-order valence-electron chi connectivity index (χ2n) is 9.19. The zero-order valence-electron chi connectivity index (χ0n) is 21.1. The summed E-state index contributed by atoms with van der Waals surface area (Å²) in [5.74, 6) is -0.114. The number of esters is 1. The van der Waals surface area contributed by atoms with E-state index in [1.165, 1.54) is 12.0 Å². The van der Waals surface area contributed by atoms with E-state index in [0.29, 0.717) is 0 Å². The molecule has 1 saturated heterocycles. The van der Waals surface area contributed by atoms with Crippen LogP contribution in [0.15, 0.2) is 36.4 Å². The number of hydroxylamine groups is 2. The van der Waals surface area contributed by atoms with Gasteiger partial charge in [-0.1, -0.05) is 30.3 Å². The average Bonchev–Trinajstić information content (AvgIpc) is 2.84. The van der Waals surface area contributed by atoms with E-state index in [9.17, 15) is 24.0 Å². The van der Waals surface area contributed by atoms with Crippen LogP contribution >= 0.6 is 0 Å². The van der Waals surface area contributed by atoms with Gasteiger partial charge in [0.25, 0.3) is 5.91 Å². The first-order valence-electron chi connectivity index (χ1n) is 11.6. The Kier molecular flexibility index (Phi) is 10.2. The van der Waals surface area contributed by atoms with Gasteiger partial charge in [-0.3, -0.25) is 19.2 Å². The zero-order chi connectivity index (χ0) is 26.8. The van der Waals surface area contributed by atoms with Gasteiger partial charge < -0.3 is 19.7 Å². The standard InChI is InChI=1S/C25H33N3O8/c1-24(2,3)36-28-15-14-27(25(13-16-29,22(28)32)12-8-11-21(31)34-4)20(30)17-26-23(33)35-18-19-9-6-5-7-10-19/h5-7,9-10,13H,8,11-12,14-15,17-18H2,1-4H3,(H,26,33)/t25-/m0/s1. The van der Waals surface area contributed by atoms with Gasteiger partial charge in [-0.2, -0.15) is 0 Å². The van der Waals surface area contributed by atoms with Gasteiger partial charge in [0.05, 0.1) is 19.3 Å². The van der Waals surface area contributed by atoms with Crippen LogP contribution in [0.1, 0.15) is 45.6 Å². The second-order valence-corrected chi connectivity index (χ2v) is 9.19. The number of carbonyl (C=O) groups is 4. The van der Waals surface area contributed by atoms with Crippen LogP contribution in [0.5, 0.6) is 0 Å². The van der Waals surface area contributed by atoms with Crippen LogP contribution in [0.2, 0.25) is 0 Å². The van der Waals surface area contributed by atoms with E-state index in [1.54, 1.807) is 51.0 Å². The van der Waals surface area contributed by atoms with Crippen molar-refractivity contribution in [1.29, 1.82) is 0 Å². The Morgan fingerprint density at radius 3 is 2.47 bits per heavy atom. The molecule has 0 saturated carbocycles. The highest BCUT2D eigenvalue weighted by atomic mass is 16.7. The molecule has 0 spiro atoms. The summed E-state index contributed by atoms with van der Waals surface area (Å²) in [4.78, 5) is 68.9. The Hall–Kier alpha value is -3.69. The molecule has 3 amide bonds. The number of methoxy groups -OCH3 is 1. The molecular weight excluding hydrogens is 470 g/mol. The lowest BCUT2D eigenvalue weighted by Gasteiger charge is -2.48. The SMILES string of the molecule is COC(=O)CCC[C@]1(C=C=O)C(=O)N(OC(C)(C)C)CCN1C(=O)CNC(=O)OCc1ccccc1. The molecular formula is C25H33N3O8. The molecule has 1 aromatic carbocycles. The van der Waals surface area contributed by atoms with E-state index < -0.39 is 41.6 Å². The van der Waals surface area contributed by atoms with Gasteiger partial charge in [0.1, 0.15) is 19.1 Å². The van der Waals surface area contributed by atoms with E-state index in [2.05, 4.69) is 10.1 Å². The van der Waals surface area contributed by atoms with Crippen LogP contribution in [0, 0.1) is 0 Å². The van der Waals surface area contributed by atoms with Crippen LogP contribution < -0.4 is 5.32 Å². The first kappa shape index (κ1) is 28.5. The number of alkyl carbamates (subject to hydrolysis) is 1. The van der Waals surface area contributed by atoms with Gasteiger partial charge in [0.15, 0.2) is 5.54 Å². The van der Waals surface area contributed by atoms with Crippen LogP contribution in [0.4, 0.5) is 4.79 Å². The summed E-state index contributed by atoms with van der Waals surface area (Å²) in [5, 5.41) is 3.50. The number of carbonyl (C=O) groups excluding carboxylic acids is 5. The highest BCUT2D eigenvalue weighted by Crippen LogP contribution is 2.31. The number of amides is 3. The average molecular weight is 504 g/mol. The molecule has 36 heavy (non-hydrogen) atoms. The molecule has 1 atom stereocenters. The molecule has 1 aromatic rings. The zero-order valence-corrected chi connectivity index (χ0v) is 21.1. The van der Waals surface area contributed by atoms with Gasteiger partial charge in [-0.15, -0.1) is 0 Å². The Labute approximate surface area is 210 Å². The Balaban J connectivity index is 2.17. The second kappa shape index (κ2) is 12.9. The molecule has 1 aliphatic rings. The van der Waals surface area contributed by atoms with E-state index in [1.807, 2.05) is 6.07 Å². The van der Waals surface area contributed by atoms with Gasteiger partial charge >= 0.3 is 12.1 Å². The fourth-order valence-electron chi connectivity index (χ4n) is 3.76. The van der Waals surface area contributed by atoms with E-state index in [4.69, 9.17) is 9.57 Å². The predicted octanol–water partition coefficient (Wildman–Crippen LogP) is 1.78. The number of hydrogen-bond donors (Lipinski definition) is 1. The molecule has 1 aliphatic heterocycles. The number of ether oxygens (including phenoxy) is 2. The van der Waals surface area contributed by atoms with E-state index in [0.717, 1.165) is 16.7 Å². The Bertz CT molecular complexity index is 985. The summed E-state index contributed by atoms with van der Waals surface area (Å²) in [6.07, 6.45) is 0.233. The largest absolute Gasteiger partial charge is 0.469 e. The smallest absolute Gasteiger partial charge is 0.407 e. The quantitative estimate of drug-likeness (QED) is 0.378. The highest BCUT2D eigenvalue weighted by Gasteiger charge is 2.51. The molecule has 1 heterocycles. The maximum atomic E-state index is 13.5. The summed E-state index contributed by atoms with van der Waals surface area (Å²) in [7, 11) is 1.24. The summed E-state index contributed by atoms with van der Waals surface area (Å²) < 4.78 is 9.78. The third kappa shape index (κ3) is 7.93. The topological polar surface area (TPSA) is 132 Å². The van der Waals surface area contributed by atoms with Gasteiger partial charge in [0, 0.05) is 19.0 Å². The van der Waals surface area contributed by atoms with Crippen molar-refractivity contribution in [3.63, 3.8) is 0 Å². The van der Waals surface area contributed by atoms with Crippen LogP contribution in [-0.4, -0.2) is 77.7 Å². The Morgan fingerprint density at radius 1 is 1.17 bits per heavy atom. The minimum atomic E-state index is -1.74. The summed E-state index contributed by atoms with van der Waals surface area (Å²) in [6.45, 7) is 4.91. The lowest BCUT2D eigenvalue weighted by molar-refractivity contribution is -0.244. The third-order valence-electron chi connectivity index (χ3n) is 5.35. The molecule has 2 rings (SSSR count). The van der Waals surface area contributed by atoms with Crippen molar-refractivity contribution in [3.05, 3.63) is 42.0 Å². The van der Waals surface area contributed by atoms with Crippen molar-refractivity contribution in [2.45, 2.75) is 57.8 Å². The molecule has 0 bridgehead atoms. The van der Waals surface area contributed by atoms with Crippen molar-refractivity contribution < 1.29 is 38.3 Å². The Morgan fingerprint density at radius 2 is 1.86 bits per heavy atom. The van der Waals surface area contributed by atoms with Gasteiger partial charge in [0.2, 0.25) is 5.91 Å². The maximum Gasteiger partial charge on any atom is 0.407 e. The fraction of sp³-hybridized carbons (Fsp3) is 0.520. The maximum absolute atomic E-state index is 13.5. The fourth-order valence-corrected chi connectivity index (χ4v) is 3.76. The number of benzene rings is 1. The van der Waals surface area contributed by atoms with Crippen molar-refractivity contribution >= 4 is 29.8 Å². The monoisotopic (exact) mass is 503 g/mol. The van der Waals surface area contributed by atoms with Crippen LogP contribution in [-0.2, 0) is 40.1 Å². The van der Waals surface area contributed by atoms with Crippen LogP contribution in [0.3, 0.4) is 0 Å². The van der Waals surface area contributed by atoms with Crippen molar-refractivity contribution in [1.82, 2.24) is 15.3 Å². The molecule has 196 valence electrons. The van der Waals surface area contributed by atoms with E-state index >= 15 is 0 Å². The first-order valence-corrected chi connectivity index (χ1v) is 11.6. The minimum absolute atomic E-state index is 0.0213. The van der Waals surface area contributed by atoms with Gasteiger partial charge in [-0.25, -0.2) is 14.7 Å². The first-order chi connectivity index (χ1) is 17.0.